The summed E-state index contributed by atoms with van der Waals surface area (Å²) >= 11 is 1.92. The number of rotatable bonds is 5. The molecule has 1 aromatic carbocycles. The molecule has 0 saturated carbocycles. The second-order valence-corrected chi connectivity index (χ2v) is 8.12. The van der Waals surface area contributed by atoms with Crippen molar-refractivity contribution in [2.24, 2.45) is 5.41 Å². The average molecular weight is 305 g/mol. The molecule has 0 aliphatic carbocycles. The Bertz CT molecular complexity index is 595. The van der Waals surface area contributed by atoms with Gasteiger partial charge in [-0.2, -0.15) is 0 Å². The van der Waals surface area contributed by atoms with Crippen molar-refractivity contribution in [3.8, 4) is 0 Å². The van der Waals surface area contributed by atoms with Crippen molar-refractivity contribution < 1.29 is 0 Å². The molecule has 2 rings (SSSR count). The fraction of sp³-hybridized carbons (Fsp3) is 0.556. The molecule has 0 fully saturated rings. The van der Waals surface area contributed by atoms with Gasteiger partial charge in [0.2, 0.25) is 0 Å². The Morgan fingerprint density at radius 2 is 1.90 bits per heavy atom. The van der Waals surface area contributed by atoms with E-state index in [1.54, 1.807) is 0 Å². The highest BCUT2D eigenvalue weighted by atomic mass is 32.1. The minimum Gasteiger partial charge on any atom is -0.315 e. The molecule has 1 atom stereocenters. The maximum Gasteiger partial charge on any atom is 0.0349 e. The van der Waals surface area contributed by atoms with Crippen molar-refractivity contribution in [2.45, 2.75) is 46.8 Å². The van der Waals surface area contributed by atoms with Gasteiger partial charge in [-0.25, -0.2) is 0 Å². The van der Waals surface area contributed by atoms with Crippen molar-refractivity contribution in [3.05, 3.63) is 34.7 Å². The molecule has 0 amide bonds. The van der Waals surface area contributed by atoms with E-state index in [1.165, 1.54) is 20.5 Å². The Balaban J connectivity index is 2.34. The van der Waals surface area contributed by atoms with Crippen LogP contribution in [0.15, 0.2) is 24.3 Å². The summed E-state index contributed by atoms with van der Waals surface area (Å²) in [5, 5.41) is 4.73. The molecule has 21 heavy (non-hydrogen) atoms. The van der Waals surface area contributed by atoms with E-state index < -0.39 is 0 Å². The Hall–Kier alpha value is -0.900. The number of nitrogens with zero attached hydrogens (tertiary/aromatic N) is 1. The first-order valence-electron chi connectivity index (χ1n) is 7.68. The molecule has 0 saturated heterocycles. The zero-order valence-corrected chi connectivity index (χ0v) is 15.0. The number of hydrogen-bond acceptors (Lipinski definition) is 3. The van der Waals surface area contributed by atoms with Crippen LogP contribution in [-0.4, -0.2) is 25.0 Å². The smallest absolute Gasteiger partial charge is 0.0349 e. The van der Waals surface area contributed by atoms with Crippen LogP contribution < -0.4 is 5.32 Å². The van der Waals surface area contributed by atoms with Gasteiger partial charge < -0.3 is 5.32 Å². The molecule has 0 aliphatic rings. The summed E-state index contributed by atoms with van der Waals surface area (Å²) in [6.07, 6.45) is 0. The molecule has 1 heterocycles. The van der Waals surface area contributed by atoms with Crippen LogP contribution >= 0.6 is 11.3 Å². The first-order chi connectivity index (χ1) is 9.84. The molecule has 0 bridgehead atoms. The third-order valence-corrected chi connectivity index (χ3v) is 5.65. The molecule has 1 unspecified atom stereocenters. The van der Waals surface area contributed by atoms with Crippen LogP contribution in [0.4, 0.5) is 0 Å². The third-order valence-electron chi connectivity index (χ3n) is 4.44. The molecule has 0 aliphatic heterocycles. The Kier molecular flexibility index (Phi) is 5.07. The maximum atomic E-state index is 3.31. The number of thiophene rings is 1. The SMILES string of the molecule is CNCc1sc2ccccc2c1CN(C)C(C)C(C)(C)C. The first-order valence-corrected chi connectivity index (χ1v) is 8.50. The minimum absolute atomic E-state index is 0.295. The van der Waals surface area contributed by atoms with Gasteiger partial charge in [0.15, 0.2) is 0 Å². The lowest BCUT2D eigenvalue weighted by atomic mass is 9.87. The van der Waals surface area contributed by atoms with E-state index in [0.29, 0.717) is 11.5 Å². The van der Waals surface area contributed by atoms with Crippen LogP contribution in [-0.2, 0) is 13.1 Å². The van der Waals surface area contributed by atoms with Crippen molar-refractivity contribution in [1.29, 1.82) is 0 Å². The van der Waals surface area contributed by atoms with Gasteiger partial charge in [0.05, 0.1) is 0 Å². The van der Waals surface area contributed by atoms with Crippen molar-refractivity contribution in [2.75, 3.05) is 14.1 Å². The number of nitrogens with one attached hydrogen (secondary N) is 1. The van der Waals surface area contributed by atoms with Crippen LogP contribution in [0, 0.1) is 5.41 Å². The number of benzene rings is 1. The summed E-state index contributed by atoms with van der Waals surface area (Å²) in [6.45, 7) is 11.2. The predicted octanol–water partition coefficient (Wildman–Crippen LogP) is 4.49. The van der Waals surface area contributed by atoms with Gasteiger partial charge in [0, 0.05) is 28.7 Å². The summed E-state index contributed by atoms with van der Waals surface area (Å²) in [7, 11) is 4.27. The third kappa shape index (κ3) is 3.65. The zero-order valence-electron chi connectivity index (χ0n) is 14.2. The monoisotopic (exact) mass is 304 g/mol. The first kappa shape index (κ1) is 16.5. The van der Waals surface area contributed by atoms with Crippen LogP contribution in [0.25, 0.3) is 10.1 Å². The molecule has 1 N–H and O–H groups in total. The molecule has 2 aromatic rings. The van der Waals surface area contributed by atoms with E-state index in [4.69, 9.17) is 0 Å². The molecule has 116 valence electrons. The van der Waals surface area contributed by atoms with E-state index in [1.807, 2.05) is 18.4 Å². The van der Waals surface area contributed by atoms with Gasteiger partial charge in [0.1, 0.15) is 0 Å². The lowest BCUT2D eigenvalue weighted by molar-refractivity contribution is 0.135. The van der Waals surface area contributed by atoms with E-state index in [9.17, 15) is 0 Å². The lowest BCUT2D eigenvalue weighted by Crippen LogP contribution is -2.38. The maximum absolute atomic E-state index is 3.31. The molecule has 0 radical (unpaired) electrons. The van der Waals surface area contributed by atoms with Crippen LogP contribution in [0.2, 0.25) is 0 Å². The average Bonchev–Trinajstić information content (AvgIpc) is 2.75. The number of fused-ring (bicyclic) bond motifs is 1. The predicted molar refractivity (Wildman–Crippen MR) is 95.0 cm³/mol. The quantitative estimate of drug-likeness (QED) is 0.875. The second-order valence-electron chi connectivity index (χ2n) is 6.99. The minimum atomic E-state index is 0.295. The van der Waals surface area contributed by atoms with Gasteiger partial charge >= 0.3 is 0 Å². The molecule has 0 spiro atoms. The van der Waals surface area contributed by atoms with Gasteiger partial charge in [-0.1, -0.05) is 39.0 Å². The molecule has 1 aromatic heterocycles. The Morgan fingerprint density at radius 3 is 2.52 bits per heavy atom. The van der Waals surface area contributed by atoms with Gasteiger partial charge in [-0.05, 0) is 43.5 Å². The largest absolute Gasteiger partial charge is 0.315 e. The van der Waals surface area contributed by atoms with Gasteiger partial charge in [-0.15, -0.1) is 11.3 Å². The zero-order chi connectivity index (χ0) is 15.6. The molecule has 3 heteroatoms. The van der Waals surface area contributed by atoms with E-state index in [2.05, 4.69) is 69.2 Å². The highest BCUT2D eigenvalue weighted by Gasteiger charge is 2.25. The highest BCUT2D eigenvalue weighted by molar-refractivity contribution is 7.19. The van der Waals surface area contributed by atoms with Crippen molar-refractivity contribution >= 4 is 21.4 Å². The Labute approximate surface area is 133 Å². The van der Waals surface area contributed by atoms with Crippen LogP contribution in [0.5, 0.6) is 0 Å². The van der Waals surface area contributed by atoms with E-state index in [0.717, 1.165) is 13.1 Å². The van der Waals surface area contributed by atoms with Gasteiger partial charge in [-0.3, -0.25) is 4.90 Å². The fourth-order valence-electron chi connectivity index (χ4n) is 2.67. The second kappa shape index (κ2) is 6.47. The molecular weight excluding hydrogens is 276 g/mol. The topological polar surface area (TPSA) is 15.3 Å². The van der Waals surface area contributed by atoms with Crippen LogP contribution in [0.1, 0.15) is 38.1 Å². The van der Waals surface area contributed by atoms with Crippen molar-refractivity contribution in [1.82, 2.24) is 10.2 Å². The summed E-state index contributed by atoms with van der Waals surface area (Å²) in [4.78, 5) is 3.94. The number of hydrogen-bond donors (Lipinski definition) is 1. The van der Waals surface area contributed by atoms with Gasteiger partial charge in [0.25, 0.3) is 0 Å². The standard InChI is InChI=1S/C18H28N2S/c1-13(18(2,3)4)20(6)12-15-14-9-7-8-10-16(14)21-17(15)11-19-5/h7-10,13,19H,11-12H2,1-6H3. The summed E-state index contributed by atoms with van der Waals surface area (Å²) in [5.41, 5.74) is 1.78. The summed E-state index contributed by atoms with van der Waals surface area (Å²) < 4.78 is 1.40. The normalized spacial score (nSPS) is 14.0. The van der Waals surface area contributed by atoms with E-state index in [-0.39, 0.29) is 0 Å². The lowest BCUT2D eigenvalue weighted by Gasteiger charge is -2.35. The summed E-state index contributed by atoms with van der Waals surface area (Å²) in [6, 6.07) is 9.31. The molecular formula is C18H28N2S. The highest BCUT2D eigenvalue weighted by Crippen LogP contribution is 2.33. The van der Waals surface area contributed by atoms with E-state index >= 15 is 0 Å². The molecule has 2 nitrogen and oxygen atoms in total. The van der Waals surface area contributed by atoms with Crippen LogP contribution in [0.3, 0.4) is 0 Å². The fourth-order valence-corrected chi connectivity index (χ4v) is 3.90. The Morgan fingerprint density at radius 1 is 1.24 bits per heavy atom. The van der Waals surface area contributed by atoms with Crippen molar-refractivity contribution in [3.63, 3.8) is 0 Å². The summed E-state index contributed by atoms with van der Waals surface area (Å²) in [5.74, 6) is 0.